The topological polar surface area (TPSA) is 133 Å². The fraction of sp³-hybridized carbons (Fsp3) is 0.235. The number of nitrogens with one attached hydrogen (secondary N) is 1. The van der Waals surface area contributed by atoms with Crippen LogP contribution in [0.4, 0.5) is 10.6 Å². The minimum atomic E-state index is -4.06. The Bertz CT molecular complexity index is 2070. The molecule has 3 aromatic heterocycles. The molecule has 0 spiro atoms. The van der Waals surface area contributed by atoms with Crippen molar-refractivity contribution >= 4 is 39.4 Å². The van der Waals surface area contributed by atoms with Gasteiger partial charge in [0.1, 0.15) is 22.9 Å². The summed E-state index contributed by atoms with van der Waals surface area (Å²) < 4.78 is 41.1. The summed E-state index contributed by atoms with van der Waals surface area (Å²) in [7, 11) is -4.06. The normalized spacial score (nSPS) is 13.3. The molecule has 1 N–H and O–H groups in total. The molecule has 0 atom stereocenters. The van der Waals surface area contributed by atoms with Crippen LogP contribution < -0.4 is 10.1 Å². The molecule has 4 heterocycles. The largest absolute Gasteiger partial charge is 0.457 e. The molecule has 0 saturated heterocycles. The lowest BCUT2D eigenvalue weighted by Crippen LogP contribution is -2.39. The highest BCUT2D eigenvalue weighted by atomic mass is 32.2. The van der Waals surface area contributed by atoms with Gasteiger partial charge in [-0.25, -0.2) is 27.2 Å². The minimum absolute atomic E-state index is 0.108. The molecule has 5 aromatic rings. The number of nitrogens with zero attached hydrogens (tertiary/aromatic N) is 4. The first-order valence-corrected chi connectivity index (χ1v) is 16.1. The third-order valence-corrected chi connectivity index (χ3v) is 9.21. The van der Waals surface area contributed by atoms with Gasteiger partial charge < -0.3 is 19.7 Å². The van der Waals surface area contributed by atoms with E-state index in [2.05, 4.69) is 15.3 Å². The van der Waals surface area contributed by atoms with Crippen molar-refractivity contribution in [3.63, 3.8) is 0 Å². The van der Waals surface area contributed by atoms with Crippen LogP contribution in [0.2, 0.25) is 0 Å². The fourth-order valence-corrected chi connectivity index (χ4v) is 6.67. The Morgan fingerprint density at radius 1 is 0.978 bits per heavy atom. The third kappa shape index (κ3) is 6.16. The Balaban J connectivity index is 1.44. The molecule has 46 heavy (non-hydrogen) atoms. The van der Waals surface area contributed by atoms with E-state index < -0.39 is 15.6 Å². The second-order valence-corrected chi connectivity index (χ2v) is 13.9. The van der Waals surface area contributed by atoms with Gasteiger partial charge in [0, 0.05) is 37.2 Å². The highest BCUT2D eigenvalue weighted by molar-refractivity contribution is 7.90. The first-order valence-electron chi connectivity index (χ1n) is 14.7. The molecule has 11 nitrogen and oxygen atoms in total. The van der Waals surface area contributed by atoms with Crippen molar-refractivity contribution in [2.75, 3.05) is 11.9 Å². The molecule has 12 heteroatoms. The van der Waals surface area contributed by atoms with Crippen molar-refractivity contribution in [1.82, 2.24) is 18.8 Å². The van der Waals surface area contributed by atoms with E-state index in [4.69, 9.17) is 9.47 Å². The number of hydrogen-bond acceptors (Lipinski definition) is 8. The van der Waals surface area contributed by atoms with Gasteiger partial charge in [-0.2, -0.15) is 0 Å². The molecule has 0 saturated carbocycles. The monoisotopic (exact) mass is 639 g/mol. The summed E-state index contributed by atoms with van der Waals surface area (Å²) in [5.74, 6) is 1.18. The van der Waals surface area contributed by atoms with E-state index in [0.29, 0.717) is 59.8 Å². The van der Waals surface area contributed by atoms with Crippen molar-refractivity contribution in [3.05, 3.63) is 95.9 Å². The molecule has 1 aliphatic heterocycles. The number of rotatable bonds is 7. The summed E-state index contributed by atoms with van der Waals surface area (Å²) >= 11 is 0. The fourth-order valence-electron chi connectivity index (χ4n) is 5.35. The van der Waals surface area contributed by atoms with Crippen LogP contribution in [0, 0.1) is 6.92 Å². The smallest absolute Gasteiger partial charge is 0.410 e. The number of carbonyl (C=O) groups is 2. The lowest BCUT2D eigenvalue weighted by molar-refractivity contribution is -0.105. The van der Waals surface area contributed by atoms with E-state index in [1.165, 1.54) is 18.6 Å². The highest BCUT2D eigenvalue weighted by Crippen LogP contribution is 2.40. The van der Waals surface area contributed by atoms with Gasteiger partial charge in [-0.1, -0.05) is 23.8 Å². The van der Waals surface area contributed by atoms with E-state index in [0.717, 1.165) is 20.7 Å². The first kappa shape index (κ1) is 30.8. The number of aryl methyl sites for hydroxylation is 1. The predicted molar refractivity (Wildman–Crippen MR) is 173 cm³/mol. The van der Waals surface area contributed by atoms with Crippen molar-refractivity contribution in [2.45, 2.75) is 51.2 Å². The number of aromatic nitrogens is 3. The lowest BCUT2D eigenvalue weighted by Gasteiger charge is -2.31. The second kappa shape index (κ2) is 11.9. The zero-order valence-corrected chi connectivity index (χ0v) is 26.7. The molecule has 2 amide bonds. The highest BCUT2D eigenvalue weighted by Gasteiger charge is 2.28. The molecule has 0 bridgehead atoms. The standard InChI is InChI=1S/C34H33N5O6S/c1-22-5-9-27(10-6-22)46(42,43)39-20-28(24-11-14-35-30(18-24)37-21-40)31-29(12-15-36-32(31)39)44-26-8-7-23-13-16-38(19-25(23)17-26)33(41)45-34(2,3)4/h5-12,14-15,17-18,20-21H,13,16,19H2,1-4H3,(H,35,37,40). The summed E-state index contributed by atoms with van der Waals surface area (Å²) in [5.41, 5.74) is 3.64. The number of ether oxygens (including phenoxy) is 2. The average molecular weight is 640 g/mol. The van der Waals surface area contributed by atoms with E-state index >= 15 is 0 Å². The molecule has 0 radical (unpaired) electrons. The molecule has 0 unspecified atom stereocenters. The quantitative estimate of drug-likeness (QED) is 0.205. The molecular weight excluding hydrogens is 606 g/mol. The van der Waals surface area contributed by atoms with Crippen LogP contribution in [0.25, 0.3) is 22.2 Å². The Kier molecular flexibility index (Phi) is 7.99. The second-order valence-electron chi connectivity index (χ2n) is 12.0. The predicted octanol–water partition coefficient (Wildman–Crippen LogP) is 6.30. The van der Waals surface area contributed by atoms with Gasteiger partial charge in [-0.15, -0.1) is 0 Å². The molecule has 0 fully saturated rings. The SMILES string of the molecule is Cc1ccc(S(=O)(=O)n2cc(-c3ccnc(NC=O)c3)c3c(Oc4ccc5c(c4)CN(C(=O)OC(C)(C)C)CC5)ccnc32)cc1. The van der Waals surface area contributed by atoms with Gasteiger partial charge in [0.05, 0.1) is 10.3 Å². The Hall–Kier alpha value is -5.23. The molecular formula is C34H33N5O6S. The molecule has 2 aromatic carbocycles. The van der Waals surface area contributed by atoms with Crippen molar-refractivity contribution in [2.24, 2.45) is 0 Å². The van der Waals surface area contributed by atoms with Crippen LogP contribution >= 0.6 is 0 Å². The number of fused-ring (bicyclic) bond motifs is 2. The number of pyridine rings is 2. The summed E-state index contributed by atoms with van der Waals surface area (Å²) in [6.07, 6.45) is 5.35. The number of hydrogen-bond donors (Lipinski definition) is 1. The van der Waals surface area contributed by atoms with E-state index in [-0.39, 0.29) is 16.6 Å². The van der Waals surface area contributed by atoms with Crippen molar-refractivity contribution < 1.29 is 27.5 Å². The van der Waals surface area contributed by atoms with Crippen LogP contribution in [0.1, 0.15) is 37.5 Å². The summed E-state index contributed by atoms with van der Waals surface area (Å²) in [6, 6.07) is 17.3. The Morgan fingerprint density at radius 3 is 2.48 bits per heavy atom. The van der Waals surface area contributed by atoms with Crippen LogP contribution in [0.3, 0.4) is 0 Å². The van der Waals surface area contributed by atoms with Gasteiger partial charge >= 0.3 is 6.09 Å². The molecule has 1 aliphatic rings. The van der Waals surface area contributed by atoms with Gasteiger partial charge in [-0.3, -0.25) is 4.79 Å². The van der Waals surface area contributed by atoms with Crippen LogP contribution in [-0.4, -0.2) is 51.9 Å². The molecule has 6 rings (SSSR count). The van der Waals surface area contributed by atoms with Crippen molar-refractivity contribution in [3.8, 4) is 22.6 Å². The van der Waals surface area contributed by atoms with E-state index in [1.54, 1.807) is 47.4 Å². The number of carbonyl (C=O) groups excluding carboxylic acids is 2. The van der Waals surface area contributed by atoms with E-state index in [9.17, 15) is 18.0 Å². The Labute approximate surface area is 266 Å². The average Bonchev–Trinajstić information content (AvgIpc) is 3.42. The van der Waals surface area contributed by atoms with Crippen LogP contribution in [0.5, 0.6) is 11.5 Å². The van der Waals surface area contributed by atoms with Gasteiger partial charge in [-0.05, 0) is 93.3 Å². The van der Waals surface area contributed by atoms with Gasteiger partial charge in [0.25, 0.3) is 10.0 Å². The van der Waals surface area contributed by atoms with Crippen LogP contribution in [0.15, 0.2) is 84.1 Å². The summed E-state index contributed by atoms with van der Waals surface area (Å²) in [5, 5.41) is 2.99. The van der Waals surface area contributed by atoms with Crippen LogP contribution in [-0.2, 0) is 32.5 Å². The summed E-state index contributed by atoms with van der Waals surface area (Å²) in [6.45, 7) is 8.31. The first-order chi connectivity index (χ1) is 21.9. The zero-order chi connectivity index (χ0) is 32.6. The maximum atomic E-state index is 13.9. The minimum Gasteiger partial charge on any atom is -0.457 e. The maximum Gasteiger partial charge on any atom is 0.410 e. The van der Waals surface area contributed by atoms with E-state index in [1.807, 2.05) is 45.9 Å². The van der Waals surface area contributed by atoms with Gasteiger partial charge in [0.2, 0.25) is 6.41 Å². The number of amides is 2. The third-order valence-electron chi connectivity index (χ3n) is 7.54. The lowest BCUT2D eigenvalue weighted by atomic mass is 10.00. The molecule has 0 aliphatic carbocycles. The zero-order valence-electron chi connectivity index (χ0n) is 25.9. The summed E-state index contributed by atoms with van der Waals surface area (Å²) in [4.78, 5) is 34.3. The maximum absolute atomic E-state index is 13.9. The Morgan fingerprint density at radius 2 is 1.74 bits per heavy atom. The van der Waals surface area contributed by atoms with Gasteiger partial charge in [0.15, 0.2) is 5.65 Å². The van der Waals surface area contributed by atoms with Crippen molar-refractivity contribution in [1.29, 1.82) is 0 Å². The number of benzene rings is 2. The number of anilines is 1. The molecule has 236 valence electrons.